The maximum atomic E-state index is 9.39. The van der Waals surface area contributed by atoms with E-state index >= 15 is 0 Å². The van der Waals surface area contributed by atoms with E-state index in [0.29, 0.717) is 5.02 Å². The molecule has 1 aromatic heterocycles. The molecule has 0 fully saturated rings. The van der Waals surface area contributed by atoms with Gasteiger partial charge in [-0.05, 0) is 45.6 Å². The number of nitrogens with one attached hydrogen (secondary N) is 1. The predicted molar refractivity (Wildman–Crippen MR) is 76.9 cm³/mol. The first-order valence-corrected chi connectivity index (χ1v) is 7.11. The van der Waals surface area contributed by atoms with E-state index in [1.165, 1.54) is 0 Å². The van der Waals surface area contributed by atoms with Crippen LogP contribution >= 0.6 is 38.9 Å². The van der Waals surface area contributed by atoms with Crippen LogP contribution in [0.2, 0.25) is 5.02 Å². The van der Waals surface area contributed by atoms with Gasteiger partial charge in [0.05, 0.1) is 17.7 Å². The zero-order valence-corrected chi connectivity index (χ0v) is 12.0. The van der Waals surface area contributed by atoms with Crippen molar-refractivity contribution in [1.29, 1.82) is 0 Å². The first kappa shape index (κ1) is 12.9. The molecule has 1 aromatic carbocycles. The maximum Gasteiger partial charge on any atom is 0.0837 e. The lowest BCUT2D eigenvalue weighted by molar-refractivity contribution is 0.278. The van der Waals surface area contributed by atoms with E-state index in [9.17, 15) is 5.11 Å². The van der Waals surface area contributed by atoms with Crippen LogP contribution in [0.4, 0.5) is 5.69 Å². The molecule has 0 radical (unpaired) electrons. The van der Waals surface area contributed by atoms with Crippen LogP contribution in [0, 0.1) is 0 Å². The molecule has 0 aliphatic carbocycles. The van der Waals surface area contributed by atoms with Crippen molar-refractivity contribution in [2.24, 2.45) is 0 Å². The van der Waals surface area contributed by atoms with Crippen LogP contribution in [0.15, 0.2) is 40.2 Å². The molecule has 0 aliphatic heterocycles. The zero-order valence-electron chi connectivity index (χ0n) is 8.86. The summed E-state index contributed by atoms with van der Waals surface area (Å²) in [5, 5.41) is 15.3. The van der Waals surface area contributed by atoms with Gasteiger partial charge in [-0.25, -0.2) is 0 Å². The van der Waals surface area contributed by atoms with Crippen LogP contribution in [0.5, 0.6) is 0 Å². The highest BCUT2D eigenvalue weighted by Gasteiger charge is 2.11. The smallest absolute Gasteiger partial charge is 0.0837 e. The molecule has 0 saturated carbocycles. The Balaban J connectivity index is 2.16. The standard InChI is InChI=1S/C12H11BrClNOS/c13-9-6-8(3-4-10(9)14)15-11(7-16)12-2-1-5-17-12/h1-6,11,15-16H,7H2. The average Bonchev–Trinajstić information content (AvgIpc) is 2.84. The van der Waals surface area contributed by atoms with Gasteiger partial charge in [0.2, 0.25) is 0 Å². The second-order valence-corrected chi connectivity index (χ2v) is 5.76. The molecular weight excluding hydrogens is 322 g/mol. The number of aliphatic hydroxyl groups excluding tert-OH is 1. The molecule has 1 atom stereocenters. The van der Waals surface area contributed by atoms with E-state index in [4.69, 9.17) is 11.6 Å². The zero-order chi connectivity index (χ0) is 12.3. The first-order valence-electron chi connectivity index (χ1n) is 5.06. The van der Waals surface area contributed by atoms with Gasteiger partial charge in [-0.3, -0.25) is 0 Å². The van der Waals surface area contributed by atoms with Crippen LogP contribution in [0.1, 0.15) is 10.9 Å². The molecule has 0 saturated heterocycles. The maximum absolute atomic E-state index is 9.39. The van der Waals surface area contributed by atoms with Crippen LogP contribution in [0.25, 0.3) is 0 Å². The highest BCUT2D eigenvalue weighted by Crippen LogP contribution is 2.28. The van der Waals surface area contributed by atoms with Crippen molar-refractivity contribution in [3.63, 3.8) is 0 Å². The number of hydrogen-bond donors (Lipinski definition) is 2. The molecule has 5 heteroatoms. The highest BCUT2D eigenvalue weighted by atomic mass is 79.9. The van der Waals surface area contributed by atoms with E-state index < -0.39 is 0 Å². The number of aliphatic hydroxyl groups is 1. The fraction of sp³-hybridized carbons (Fsp3) is 0.167. The third-order valence-corrected chi connectivity index (χ3v) is 4.53. The van der Waals surface area contributed by atoms with Gasteiger partial charge in [-0.15, -0.1) is 11.3 Å². The number of halogens is 2. The van der Waals surface area contributed by atoms with Gasteiger partial charge in [0.25, 0.3) is 0 Å². The molecule has 1 unspecified atom stereocenters. The average molecular weight is 333 g/mol. The minimum atomic E-state index is -0.0805. The van der Waals surface area contributed by atoms with Gasteiger partial charge in [0, 0.05) is 15.0 Å². The van der Waals surface area contributed by atoms with Gasteiger partial charge >= 0.3 is 0 Å². The number of hydrogen-bond acceptors (Lipinski definition) is 3. The second-order valence-electron chi connectivity index (χ2n) is 3.52. The van der Waals surface area contributed by atoms with E-state index in [1.807, 2.05) is 35.7 Å². The van der Waals surface area contributed by atoms with Crippen LogP contribution in [0.3, 0.4) is 0 Å². The first-order chi connectivity index (χ1) is 8.20. The largest absolute Gasteiger partial charge is 0.394 e. The minimum absolute atomic E-state index is 0.0563. The third kappa shape index (κ3) is 3.22. The van der Waals surface area contributed by atoms with Crippen molar-refractivity contribution in [1.82, 2.24) is 0 Å². The fourth-order valence-electron chi connectivity index (χ4n) is 1.48. The lowest BCUT2D eigenvalue weighted by atomic mass is 10.2. The van der Waals surface area contributed by atoms with Crippen molar-refractivity contribution in [3.8, 4) is 0 Å². The van der Waals surface area contributed by atoms with Crippen LogP contribution < -0.4 is 5.32 Å². The summed E-state index contributed by atoms with van der Waals surface area (Å²) in [5.41, 5.74) is 0.925. The fourth-order valence-corrected chi connectivity index (χ4v) is 2.75. The summed E-state index contributed by atoms with van der Waals surface area (Å²) < 4.78 is 0.840. The monoisotopic (exact) mass is 331 g/mol. The van der Waals surface area contributed by atoms with Gasteiger partial charge in [0.15, 0.2) is 0 Å². The molecule has 2 rings (SSSR count). The molecule has 2 N–H and O–H groups in total. The van der Waals surface area contributed by atoms with E-state index in [1.54, 1.807) is 11.3 Å². The Morgan fingerprint density at radius 3 is 2.82 bits per heavy atom. The lowest BCUT2D eigenvalue weighted by Crippen LogP contribution is -2.13. The van der Waals surface area contributed by atoms with Gasteiger partial charge in [-0.1, -0.05) is 17.7 Å². The van der Waals surface area contributed by atoms with Gasteiger partial charge < -0.3 is 10.4 Å². The summed E-state index contributed by atoms with van der Waals surface area (Å²) in [6.07, 6.45) is 0. The molecule has 0 spiro atoms. The number of rotatable bonds is 4. The van der Waals surface area contributed by atoms with Crippen molar-refractivity contribution >= 4 is 44.6 Å². The minimum Gasteiger partial charge on any atom is -0.394 e. The summed E-state index contributed by atoms with van der Waals surface area (Å²) in [5.74, 6) is 0. The van der Waals surface area contributed by atoms with Crippen LogP contribution in [-0.4, -0.2) is 11.7 Å². The normalized spacial score (nSPS) is 12.4. The van der Waals surface area contributed by atoms with Gasteiger partial charge in [0.1, 0.15) is 0 Å². The molecule has 2 aromatic rings. The second kappa shape index (κ2) is 5.87. The quantitative estimate of drug-likeness (QED) is 0.874. The molecule has 2 nitrogen and oxygen atoms in total. The summed E-state index contributed by atoms with van der Waals surface area (Å²) in [4.78, 5) is 1.11. The van der Waals surface area contributed by atoms with Gasteiger partial charge in [-0.2, -0.15) is 0 Å². The molecule has 0 bridgehead atoms. The predicted octanol–water partition coefficient (Wildman–Crippen LogP) is 4.31. The Morgan fingerprint density at radius 1 is 1.41 bits per heavy atom. The SMILES string of the molecule is OCC(Nc1ccc(Cl)c(Br)c1)c1cccs1. The highest BCUT2D eigenvalue weighted by molar-refractivity contribution is 9.10. The Kier molecular flexibility index (Phi) is 4.45. The third-order valence-electron chi connectivity index (χ3n) is 2.33. The summed E-state index contributed by atoms with van der Waals surface area (Å²) in [6, 6.07) is 9.51. The molecule has 0 amide bonds. The lowest BCUT2D eigenvalue weighted by Gasteiger charge is -2.16. The van der Waals surface area contributed by atoms with E-state index in [2.05, 4.69) is 21.2 Å². The summed E-state index contributed by atoms with van der Waals surface area (Å²) in [7, 11) is 0. The van der Waals surface area contributed by atoms with Crippen molar-refractivity contribution in [2.75, 3.05) is 11.9 Å². The number of anilines is 1. The Morgan fingerprint density at radius 2 is 2.24 bits per heavy atom. The van der Waals surface area contributed by atoms with Crippen molar-refractivity contribution in [2.45, 2.75) is 6.04 Å². The summed E-state index contributed by atoms with van der Waals surface area (Å²) >= 11 is 10.9. The molecule has 90 valence electrons. The van der Waals surface area contributed by atoms with Crippen molar-refractivity contribution < 1.29 is 5.11 Å². The molecule has 0 aliphatic rings. The number of benzene rings is 1. The number of thiophene rings is 1. The summed E-state index contributed by atoms with van der Waals surface area (Å²) in [6.45, 7) is 0.0563. The van der Waals surface area contributed by atoms with E-state index in [0.717, 1.165) is 15.0 Å². The Labute approximate surface area is 117 Å². The molecule has 17 heavy (non-hydrogen) atoms. The topological polar surface area (TPSA) is 32.3 Å². The van der Waals surface area contributed by atoms with Crippen molar-refractivity contribution in [3.05, 3.63) is 50.1 Å². The molecule has 1 heterocycles. The molecular formula is C12H11BrClNOS. The Bertz CT molecular complexity index is 489. The Hall–Kier alpha value is -0.550. The van der Waals surface area contributed by atoms with Crippen LogP contribution in [-0.2, 0) is 0 Å². The van der Waals surface area contributed by atoms with E-state index in [-0.39, 0.29) is 12.6 Å².